The van der Waals surface area contributed by atoms with E-state index in [2.05, 4.69) is 42.1 Å². The zero-order valence-corrected chi connectivity index (χ0v) is 13.4. The van der Waals surface area contributed by atoms with Crippen molar-refractivity contribution in [3.05, 3.63) is 35.9 Å². The third-order valence-corrected chi connectivity index (χ3v) is 5.07. The van der Waals surface area contributed by atoms with Gasteiger partial charge in [0.1, 0.15) is 0 Å². The number of rotatable bonds is 9. The number of hydrogen-bond donors (Lipinski definition) is 0. The molecule has 1 nitrogen and oxygen atoms in total. The lowest BCUT2D eigenvalue weighted by molar-refractivity contribution is 0.00979. The maximum absolute atomic E-state index is 5.77. The first-order valence-electron chi connectivity index (χ1n) is 8.18. The van der Waals surface area contributed by atoms with Crippen LogP contribution in [0.5, 0.6) is 0 Å². The third kappa shape index (κ3) is 6.81. The Kier molecular flexibility index (Phi) is 8.18. The Morgan fingerprint density at radius 3 is 2.65 bits per heavy atom. The van der Waals surface area contributed by atoms with E-state index in [1.165, 1.54) is 62.7 Å². The summed E-state index contributed by atoms with van der Waals surface area (Å²) in [4.78, 5) is 0. The molecule has 1 unspecified atom stereocenters. The van der Waals surface area contributed by atoms with Crippen molar-refractivity contribution in [2.45, 2.75) is 63.2 Å². The minimum atomic E-state index is 0.580. The van der Waals surface area contributed by atoms with Crippen LogP contribution in [0, 0.1) is 0 Å². The van der Waals surface area contributed by atoms with Crippen LogP contribution in [-0.2, 0) is 10.5 Å². The summed E-state index contributed by atoms with van der Waals surface area (Å²) in [6.07, 6.45) is 11.3. The first-order chi connectivity index (χ1) is 9.95. The summed E-state index contributed by atoms with van der Waals surface area (Å²) < 4.78 is 5.77. The van der Waals surface area contributed by atoms with Crippen molar-refractivity contribution in [2.24, 2.45) is 0 Å². The van der Waals surface area contributed by atoms with Gasteiger partial charge in [-0.15, -0.1) is 0 Å². The molecule has 1 fully saturated rings. The number of hydrogen-bond acceptors (Lipinski definition) is 2. The van der Waals surface area contributed by atoms with Crippen LogP contribution in [-0.4, -0.2) is 18.5 Å². The molecule has 1 saturated heterocycles. The molecule has 112 valence electrons. The summed E-state index contributed by atoms with van der Waals surface area (Å²) in [5.74, 6) is 2.46. The highest BCUT2D eigenvalue weighted by Gasteiger charge is 2.12. The Hall–Kier alpha value is -0.470. The van der Waals surface area contributed by atoms with E-state index in [1.54, 1.807) is 0 Å². The van der Waals surface area contributed by atoms with E-state index in [9.17, 15) is 0 Å². The largest absolute Gasteiger partial charge is 0.378 e. The van der Waals surface area contributed by atoms with E-state index in [1.807, 2.05) is 0 Å². The predicted molar refractivity (Wildman–Crippen MR) is 89.3 cm³/mol. The highest BCUT2D eigenvalue weighted by Crippen LogP contribution is 2.19. The van der Waals surface area contributed by atoms with E-state index >= 15 is 0 Å². The Bertz CT molecular complexity index is 333. The molecule has 1 aromatic carbocycles. The second-order valence-corrected chi connectivity index (χ2v) is 6.83. The molecule has 2 heteroatoms. The zero-order chi connectivity index (χ0) is 13.9. The number of thioether (sulfide) groups is 1. The average molecular weight is 292 g/mol. The van der Waals surface area contributed by atoms with Crippen LogP contribution in [0.1, 0.15) is 56.9 Å². The Morgan fingerprint density at radius 2 is 1.85 bits per heavy atom. The van der Waals surface area contributed by atoms with E-state index in [0.29, 0.717) is 6.10 Å². The van der Waals surface area contributed by atoms with Gasteiger partial charge in [0.2, 0.25) is 0 Å². The molecule has 0 saturated carbocycles. The fraction of sp³-hybridized carbons (Fsp3) is 0.667. The first kappa shape index (κ1) is 15.9. The van der Waals surface area contributed by atoms with Gasteiger partial charge >= 0.3 is 0 Å². The minimum Gasteiger partial charge on any atom is -0.378 e. The van der Waals surface area contributed by atoms with Gasteiger partial charge in [-0.2, -0.15) is 11.8 Å². The van der Waals surface area contributed by atoms with Gasteiger partial charge in [-0.05, 0) is 43.4 Å². The summed E-state index contributed by atoms with van der Waals surface area (Å²) in [7, 11) is 0. The van der Waals surface area contributed by atoms with Crippen LogP contribution in [0.2, 0.25) is 0 Å². The molecule has 0 bridgehead atoms. The fourth-order valence-corrected chi connectivity index (χ4v) is 3.71. The second-order valence-electron chi connectivity index (χ2n) is 5.73. The van der Waals surface area contributed by atoms with E-state index in [-0.39, 0.29) is 0 Å². The van der Waals surface area contributed by atoms with Gasteiger partial charge in [-0.1, -0.05) is 49.6 Å². The summed E-state index contributed by atoms with van der Waals surface area (Å²) in [5.41, 5.74) is 1.45. The van der Waals surface area contributed by atoms with Gasteiger partial charge in [0.25, 0.3) is 0 Å². The average Bonchev–Trinajstić information content (AvgIpc) is 2.52. The van der Waals surface area contributed by atoms with E-state index < -0.39 is 0 Å². The van der Waals surface area contributed by atoms with Crippen LogP contribution < -0.4 is 0 Å². The lowest BCUT2D eigenvalue weighted by atomic mass is 10.0. The minimum absolute atomic E-state index is 0.580. The molecule has 0 N–H and O–H groups in total. The van der Waals surface area contributed by atoms with Crippen LogP contribution >= 0.6 is 11.8 Å². The molecule has 0 spiro atoms. The molecule has 0 radical (unpaired) electrons. The van der Waals surface area contributed by atoms with Crippen LogP contribution in [0.4, 0.5) is 0 Å². The summed E-state index contributed by atoms with van der Waals surface area (Å²) in [6.45, 7) is 1.00. The van der Waals surface area contributed by atoms with Gasteiger partial charge < -0.3 is 4.74 Å². The van der Waals surface area contributed by atoms with Crippen molar-refractivity contribution in [1.29, 1.82) is 0 Å². The monoisotopic (exact) mass is 292 g/mol. The molecule has 20 heavy (non-hydrogen) atoms. The lowest BCUT2D eigenvalue weighted by Crippen LogP contribution is -2.18. The summed E-state index contributed by atoms with van der Waals surface area (Å²) >= 11 is 2.07. The lowest BCUT2D eigenvalue weighted by Gasteiger charge is -2.22. The zero-order valence-electron chi connectivity index (χ0n) is 12.6. The number of benzene rings is 1. The van der Waals surface area contributed by atoms with Gasteiger partial charge in [0.05, 0.1) is 6.10 Å². The van der Waals surface area contributed by atoms with Gasteiger partial charge in [-0.25, -0.2) is 0 Å². The Morgan fingerprint density at radius 1 is 1.00 bits per heavy atom. The van der Waals surface area contributed by atoms with Crippen LogP contribution in [0.25, 0.3) is 0 Å². The molecule has 0 aromatic heterocycles. The van der Waals surface area contributed by atoms with Crippen molar-refractivity contribution >= 4 is 11.8 Å². The molecule has 0 amide bonds. The molecule has 1 atom stereocenters. The number of ether oxygens (including phenoxy) is 1. The molecule has 1 aliphatic rings. The van der Waals surface area contributed by atoms with Crippen molar-refractivity contribution in [3.63, 3.8) is 0 Å². The number of unbranched alkanes of at least 4 members (excludes halogenated alkanes) is 3. The smallest absolute Gasteiger partial charge is 0.0575 e. The topological polar surface area (TPSA) is 9.23 Å². The van der Waals surface area contributed by atoms with Crippen LogP contribution in [0.3, 0.4) is 0 Å². The van der Waals surface area contributed by atoms with Gasteiger partial charge in [0, 0.05) is 12.4 Å². The highest BCUT2D eigenvalue weighted by atomic mass is 32.2. The van der Waals surface area contributed by atoms with E-state index in [4.69, 9.17) is 4.74 Å². The maximum Gasteiger partial charge on any atom is 0.0575 e. The standard InChI is InChI=1S/C18H28OS/c1(6-12-18-13-7-8-14-19-18)2-9-15-20-16-17-10-4-3-5-11-17/h3-5,10-11,18H,1-2,6-9,12-16H2. The molecule has 1 heterocycles. The molecular formula is C18H28OS. The van der Waals surface area contributed by atoms with Gasteiger partial charge in [-0.3, -0.25) is 0 Å². The molecular weight excluding hydrogens is 264 g/mol. The van der Waals surface area contributed by atoms with Crippen molar-refractivity contribution in [2.75, 3.05) is 12.4 Å². The maximum atomic E-state index is 5.77. The second kappa shape index (κ2) is 10.3. The predicted octanol–water partition coefficient (Wildman–Crippen LogP) is 5.44. The fourth-order valence-electron chi connectivity index (χ4n) is 2.73. The van der Waals surface area contributed by atoms with Crippen molar-refractivity contribution in [3.8, 4) is 0 Å². The molecule has 2 rings (SSSR count). The van der Waals surface area contributed by atoms with E-state index in [0.717, 1.165) is 12.4 Å². The summed E-state index contributed by atoms with van der Waals surface area (Å²) in [5, 5.41) is 0. The first-order valence-corrected chi connectivity index (χ1v) is 9.34. The van der Waals surface area contributed by atoms with Crippen molar-refractivity contribution < 1.29 is 4.74 Å². The van der Waals surface area contributed by atoms with Crippen LogP contribution in [0.15, 0.2) is 30.3 Å². The summed E-state index contributed by atoms with van der Waals surface area (Å²) in [6, 6.07) is 10.8. The Balaban J connectivity index is 1.38. The molecule has 1 aliphatic heterocycles. The quantitative estimate of drug-likeness (QED) is 0.560. The molecule has 0 aliphatic carbocycles. The Labute approximate surface area is 128 Å². The van der Waals surface area contributed by atoms with Gasteiger partial charge in [0.15, 0.2) is 0 Å². The highest BCUT2D eigenvalue weighted by molar-refractivity contribution is 7.98. The molecule has 1 aromatic rings. The van der Waals surface area contributed by atoms with Crippen molar-refractivity contribution in [1.82, 2.24) is 0 Å². The normalized spacial score (nSPS) is 19.1. The third-order valence-electron chi connectivity index (χ3n) is 3.95. The SMILES string of the molecule is c1ccc(CSCCCCCCC2CCCCO2)cc1.